The van der Waals surface area contributed by atoms with Crippen LogP contribution >= 0.6 is 0 Å². The van der Waals surface area contributed by atoms with Crippen molar-refractivity contribution in [2.24, 2.45) is 0 Å². The van der Waals surface area contributed by atoms with Gasteiger partial charge in [0.2, 0.25) is 15.9 Å². The highest BCUT2D eigenvalue weighted by atomic mass is 32.2. The van der Waals surface area contributed by atoms with Crippen LogP contribution in [-0.4, -0.2) is 54.5 Å². The van der Waals surface area contributed by atoms with E-state index in [0.29, 0.717) is 18.4 Å². The van der Waals surface area contributed by atoms with Gasteiger partial charge in [0.25, 0.3) is 0 Å². The molecule has 8 heteroatoms. The Balaban J connectivity index is 1.94. The maximum Gasteiger partial charge on any atom is 0.245 e. The van der Waals surface area contributed by atoms with Crippen LogP contribution in [0.15, 0.2) is 35.5 Å². The fraction of sp³-hybridized carbons (Fsp3) is 0.375. The van der Waals surface area contributed by atoms with Crippen LogP contribution in [-0.2, 0) is 14.8 Å². The van der Waals surface area contributed by atoms with Crippen molar-refractivity contribution in [1.82, 2.24) is 14.6 Å². The first-order valence-corrected chi connectivity index (χ1v) is 9.11. The number of amides is 1. The molecule has 128 valence electrons. The van der Waals surface area contributed by atoms with Crippen molar-refractivity contribution in [3.8, 4) is 0 Å². The minimum Gasteiger partial charge on any atom is -0.387 e. The molecular formula is C16H19N3O4S. The van der Waals surface area contributed by atoms with Gasteiger partial charge in [-0.25, -0.2) is 8.42 Å². The van der Waals surface area contributed by atoms with Crippen molar-refractivity contribution < 1.29 is 18.3 Å². The third-order valence-corrected chi connectivity index (χ3v) is 6.12. The predicted octanol–water partition coefficient (Wildman–Crippen LogP) is 0.415. The average Bonchev–Trinajstić information content (AvgIpc) is 3.03. The number of sulfonamides is 1. The zero-order chi connectivity index (χ0) is 17.3. The molecule has 0 saturated carbocycles. The van der Waals surface area contributed by atoms with E-state index in [0.717, 1.165) is 10.9 Å². The number of aromatic nitrogens is 1. The van der Waals surface area contributed by atoms with Gasteiger partial charge in [0, 0.05) is 42.3 Å². The molecule has 2 heterocycles. The van der Waals surface area contributed by atoms with Crippen LogP contribution in [0.25, 0.3) is 10.8 Å². The summed E-state index contributed by atoms with van der Waals surface area (Å²) in [6.45, 7) is 1.77. The van der Waals surface area contributed by atoms with E-state index in [9.17, 15) is 13.2 Å². The lowest BCUT2D eigenvalue weighted by atomic mass is 10.1. The summed E-state index contributed by atoms with van der Waals surface area (Å²) in [7, 11) is -3.67. The largest absolute Gasteiger partial charge is 0.387 e. The van der Waals surface area contributed by atoms with Gasteiger partial charge in [-0.1, -0.05) is 12.1 Å². The molecule has 1 amide bonds. The van der Waals surface area contributed by atoms with Gasteiger partial charge < -0.3 is 10.4 Å². The number of aryl methyl sites for hydroxylation is 1. The van der Waals surface area contributed by atoms with E-state index in [2.05, 4.69) is 10.3 Å². The molecule has 3 rings (SSSR count). The van der Waals surface area contributed by atoms with Gasteiger partial charge in [-0.05, 0) is 25.0 Å². The maximum absolute atomic E-state index is 13.0. The first-order valence-electron chi connectivity index (χ1n) is 7.67. The molecule has 1 saturated heterocycles. The molecule has 1 aliphatic heterocycles. The van der Waals surface area contributed by atoms with E-state index >= 15 is 0 Å². The molecule has 0 spiro atoms. The van der Waals surface area contributed by atoms with Crippen LogP contribution in [0.4, 0.5) is 0 Å². The van der Waals surface area contributed by atoms with Crippen molar-refractivity contribution in [2.75, 3.05) is 19.7 Å². The van der Waals surface area contributed by atoms with Gasteiger partial charge in [0.05, 0.1) is 4.90 Å². The van der Waals surface area contributed by atoms with Crippen LogP contribution in [0.5, 0.6) is 0 Å². The molecular weight excluding hydrogens is 330 g/mol. The van der Waals surface area contributed by atoms with Gasteiger partial charge in [0.1, 0.15) is 6.61 Å². The molecule has 24 heavy (non-hydrogen) atoms. The number of hydrogen-bond acceptors (Lipinski definition) is 5. The molecule has 1 atom stereocenters. The second kappa shape index (κ2) is 6.46. The number of fused-ring (bicyclic) bond motifs is 1. The van der Waals surface area contributed by atoms with Crippen molar-refractivity contribution in [3.63, 3.8) is 0 Å². The third-order valence-electron chi connectivity index (χ3n) is 4.21. The maximum atomic E-state index is 13.0. The number of carbonyl (C=O) groups is 1. The molecule has 0 bridgehead atoms. The van der Waals surface area contributed by atoms with E-state index in [1.165, 1.54) is 4.31 Å². The van der Waals surface area contributed by atoms with Gasteiger partial charge in [0.15, 0.2) is 0 Å². The fourth-order valence-electron chi connectivity index (χ4n) is 3.06. The standard InChI is InChI=1S/C16H19N3O4S/c1-11-7-17-8-12-3-2-4-14(16(11)12)24(22,23)19-6-5-13(9-19)18-15(21)10-20/h2-4,7-8,13,20H,5-6,9-10H2,1H3,(H,18,21)/t13-/m0/s1. The lowest BCUT2D eigenvalue weighted by Crippen LogP contribution is -2.39. The summed E-state index contributed by atoms with van der Waals surface area (Å²) in [6.07, 6.45) is 3.82. The molecule has 1 aromatic heterocycles. The molecule has 2 aromatic rings. The zero-order valence-corrected chi connectivity index (χ0v) is 14.1. The number of nitrogens with one attached hydrogen (secondary N) is 1. The molecule has 1 aliphatic rings. The van der Waals surface area contributed by atoms with Crippen molar-refractivity contribution >= 4 is 26.7 Å². The summed E-state index contributed by atoms with van der Waals surface area (Å²) in [5.41, 5.74) is 0.802. The Morgan fingerprint density at radius 3 is 2.96 bits per heavy atom. The van der Waals surface area contributed by atoms with Crippen LogP contribution in [0.1, 0.15) is 12.0 Å². The van der Waals surface area contributed by atoms with Crippen molar-refractivity contribution in [2.45, 2.75) is 24.3 Å². The minimum absolute atomic E-state index is 0.203. The van der Waals surface area contributed by atoms with E-state index in [1.54, 1.807) is 24.5 Å². The third kappa shape index (κ3) is 3.00. The molecule has 1 fully saturated rings. The predicted molar refractivity (Wildman–Crippen MR) is 88.9 cm³/mol. The number of hydrogen-bond donors (Lipinski definition) is 2. The number of aliphatic hydroxyl groups is 1. The van der Waals surface area contributed by atoms with Crippen LogP contribution in [0.2, 0.25) is 0 Å². The van der Waals surface area contributed by atoms with E-state index in [4.69, 9.17) is 5.11 Å². The first-order chi connectivity index (χ1) is 11.4. The quantitative estimate of drug-likeness (QED) is 0.833. The Labute approximate surface area is 140 Å². The van der Waals surface area contributed by atoms with Crippen molar-refractivity contribution in [1.29, 1.82) is 0 Å². The van der Waals surface area contributed by atoms with Gasteiger partial charge in [-0.3, -0.25) is 9.78 Å². The zero-order valence-electron chi connectivity index (χ0n) is 13.3. The normalized spacial score (nSPS) is 18.8. The monoisotopic (exact) mass is 349 g/mol. The summed E-state index contributed by atoms with van der Waals surface area (Å²) in [6, 6.07) is 4.86. The van der Waals surface area contributed by atoms with E-state index in [-0.39, 0.29) is 17.5 Å². The van der Waals surface area contributed by atoms with Gasteiger partial charge >= 0.3 is 0 Å². The number of pyridine rings is 1. The molecule has 0 aliphatic carbocycles. The summed E-state index contributed by atoms with van der Waals surface area (Å²) in [4.78, 5) is 15.6. The smallest absolute Gasteiger partial charge is 0.245 e. The second-order valence-electron chi connectivity index (χ2n) is 5.88. The highest BCUT2D eigenvalue weighted by Crippen LogP contribution is 2.29. The number of carbonyl (C=O) groups excluding carboxylic acids is 1. The summed E-state index contributed by atoms with van der Waals surface area (Å²) >= 11 is 0. The van der Waals surface area contributed by atoms with Crippen LogP contribution < -0.4 is 5.32 Å². The SMILES string of the molecule is Cc1cncc2cccc(S(=O)(=O)N3CC[C@H](NC(=O)CO)C3)c12. The Hall–Kier alpha value is -2.03. The summed E-state index contributed by atoms with van der Waals surface area (Å²) < 4.78 is 27.5. The minimum atomic E-state index is -3.67. The number of aliphatic hydroxyl groups excluding tert-OH is 1. The number of nitrogens with zero attached hydrogens (tertiary/aromatic N) is 2. The van der Waals surface area contributed by atoms with Crippen molar-refractivity contribution in [3.05, 3.63) is 36.2 Å². The van der Waals surface area contributed by atoms with Gasteiger partial charge in [-0.15, -0.1) is 0 Å². The second-order valence-corrected chi connectivity index (χ2v) is 7.79. The van der Waals surface area contributed by atoms with Gasteiger partial charge in [-0.2, -0.15) is 4.31 Å². The average molecular weight is 349 g/mol. The fourth-order valence-corrected chi connectivity index (χ4v) is 4.85. The lowest BCUT2D eigenvalue weighted by molar-refractivity contribution is -0.124. The topological polar surface area (TPSA) is 99.6 Å². The Bertz CT molecular complexity index is 877. The van der Waals surface area contributed by atoms with Crippen LogP contribution in [0, 0.1) is 6.92 Å². The lowest BCUT2D eigenvalue weighted by Gasteiger charge is -2.19. The van der Waals surface area contributed by atoms with E-state index in [1.807, 2.05) is 13.0 Å². The Morgan fingerprint density at radius 1 is 1.42 bits per heavy atom. The molecule has 0 radical (unpaired) electrons. The molecule has 7 nitrogen and oxygen atoms in total. The first kappa shape index (κ1) is 16.8. The molecule has 0 unspecified atom stereocenters. The Morgan fingerprint density at radius 2 is 2.21 bits per heavy atom. The highest BCUT2D eigenvalue weighted by Gasteiger charge is 2.34. The number of rotatable bonds is 4. The number of benzene rings is 1. The summed E-state index contributed by atoms with van der Waals surface area (Å²) in [5, 5.41) is 12.9. The van der Waals surface area contributed by atoms with Crippen LogP contribution in [0.3, 0.4) is 0 Å². The highest BCUT2D eigenvalue weighted by molar-refractivity contribution is 7.89. The van der Waals surface area contributed by atoms with E-state index < -0.39 is 22.5 Å². The molecule has 2 N–H and O–H groups in total. The Kier molecular flexibility index (Phi) is 4.53. The summed E-state index contributed by atoms with van der Waals surface area (Å²) in [5.74, 6) is -0.494. The molecule has 1 aromatic carbocycles.